The number of rotatable bonds is 6. The van der Waals surface area contributed by atoms with E-state index in [4.69, 9.17) is 6.42 Å². The van der Waals surface area contributed by atoms with E-state index in [2.05, 4.69) is 26.8 Å². The molecule has 3 rings (SSSR count). The van der Waals surface area contributed by atoms with Gasteiger partial charge in [0, 0.05) is 43.5 Å². The average Bonchev–Trinajstić information content (AvgIpc) is 3.35. The minimum absolute atomic E-state index is 0.0182. The molecule has 0 aliphatic carbocycles. The van der Waals surface area contributed by atoms with Crippen molar-refractivity contribution in [3.8, 4) is 12.3 Å². The molecule has 1 aromatic carbocycles. The van der Waals surface area contributed by atoms with E-state index >= 15 is 0 Å². The Morgan fingerprint density at radius 1 is 1.33 bits per heavy atom. The monoisotopic (exact) mass is 324 g/mol. The zero-order valence-corrected chi connectivity index (χ0v) is 13.5. The number of hydrogen-bond donors (Lipinski definition) is 2. The predicted octanol–water partition coefficient (Wildman–Crippen LogP) is 3.26. The zero-order valence-electron chi connectivity index (χ0n) is 13.5. The molecule has 0 unspecified atom stereocenters. The summed E-state index contributed by atoms with van der Waals surface area (Å²) in [6.45, 7) is 0. The third-order valence-corrected chi connectivity index (χ3v) is 4.32. The molecule has 6 heteroatoms. The number of anilines is 2. The Balaban J connectivity index is 1.55. The lowest BCUT2D eigenvalue weighted by Gasteiger charge is -2.12. The Bertz CT molecular complexity index is 727. The lowest BCUT2D eigenvalue weighted by Crippen LogP contribution is -2.18. The van der Waals surface area contributed by atoms with Gasteiger partial charge in [0.05, 0.1) is 0 Å². The van der Waals surface area contributed by atoms with E-state index in [-0.39, 0.29) is 11.8 Å². The van der Waals surface area contributed by atoms with E-state index in [1.807, 2.05) is 18.2 Å². The minimum atomic E-state index is -0.439. The molecule has 6 nitrogen and oxygen atoms in total. The molecule has 0 aromatic heterocycles. The molecule has 0 fully saturated rings. The van der Waals surface area contributed by atoms with Crippen LogP contribution in [-0.4, -0.2) is 17.5 Å². The maximum atomic E-state index is 12.1. The van der Waals surface area contributed by atoms with E-state index in [0.29, 0.717) is 37.8 Å². The van der Waals surface area contributed by atoms with E-state index < -0.39 is 5.66 Å². The molecular formula is C18H20N4O2. The first-order valence-electron chi connectivity index (χ1n) is 8.20. The van der Waals surface area contributed by atoms with E-state index in [1.165, 1.54) is 0 Å². The van der Waals surface area contributed by atoms with Crippen molar-refractivity contribution in [2.45, 2.75) is 50.6 Å². The van der Waals surface area contributed by atoms with Crippen molar-refractivity contribution in [3.05, 3.63) is 23.8 Å². The number of terminal acetylenes is 1. The standard InChI is InChI=1S/C18H20N4O2/c1-2-3-10-18(21-22-18)11-9-17(24)19-14-8-7-13-5-4-6-16(23)20-15(13)12-14/h1,7-8,12H,3-6,9-11H2,(H,19,24)(H,20,23). The van der Waals surface area contributed by atoms with Crippen molar-refractivity contribution in [2.24, 2.45) is 10.2 Å². The second kappa shape index (κ2) is 6.83. The molecule has 2 heterocycles. The van der Waals surface area contributed by atoms with Gasteiger partial charge in [0.15, 0.2) is 5.66 Å². The van der Waals surface area contributed by atoms with Crippen LogP contribution < -0.4 is 10.6 Å². The number of amides is 2. The average molecular weight is 324 g/mol. The first-order valence-corrected chi connectivity index (χ1v) is 8.20. The Morgan fingerprint density at radius 3 is 2.92 bits per heavy atom. The van der Waals surface area contributed by atoms with Gasteiger partial charge in [-0.1, -0.05) is 6.07 Å². The number of nitrogens with zero attached hydrogens (tertiary/aromatic N) is 2. The molecule has 0 radical (unpaired) electrons. The van der Waals surface area contributed by atoms with Crippen LogP contribution in [0.5, 0.6) is 0 Å². The predicted molar refractivity (Wildman–Crippen MR) is 91.5 cm³/mol. The van der Waals surface area contributed by atoms with Crippen molar-refractivity contribution in [2.75, 3.05) is 10.6 Å². The molecule has 0 saturated carbocycles. The molecule has 2 aliphatic heterocycles. The van der Waals surface area contributed by atoms with Crippen molar-refractivity contribution in [1.29, 1.82) is 0 Å². The van der Waals surface area contributed by atoms with E-state index in [0.717, 1.165) is 24.1 Å². The number of aryl methyl sites for hydroxylation is 1. The van der Waals surface area contributed by atoms with Crippen molar-refractivity contribution >= 4 is 23.2 Å². The summed E-state index contributed by atoms with van der Waals surface area (Å²) in [6, 6.07) is 5.64. The fourth-order valence-corrected chi connectivity index (χ4v) is 2.85. The first-order chi connectivity index (χ1) is 11.6. The van der Waals surface area contributed by atoms with Gasteiger partial charge in [0.25, 0.3) is 0 Å². The van der Waals surface area contributed by atoms with E-state index in [9.17, 15) is 9.59 Å². The number of carbonyl (C=O) groups excluding carboxylic acids is 2. The normalized spacial score (nSPS) is 17.2. The quantitative estimate of drug-likeness (QED) is 0.787. The lowest BCUT2D eigenvalue weighted by atomic mass is 10.0. The minimum Gasteiger partial charge on any atom is -0.326 e. The molecule has 1 aromatic rings. The Morgan fingerprint density at radius 2 is 2.17 bits per heavy atom. The molecule has 0 atom stereocenters. The van der Waals surface area contributed by atoms with Crippen LogP contribution in [0.15, 0.2) is 28.4 Å². The number of fused-ring (bicyclic) bond motifs is 1. The van der Waals surface area contributed by atoms with Crippen LogP contribution in [0.2, 0.25) is 0 Å². The molecule has 2 aliphatic rings. The third kappa shape index (κ3) is 3.99. The van der Waals surface area contributed by atoms with Crippen LogP contribution >= 0.6 is 0 Å². The summed E-state index contributed by atoms with van der Waals surface area (Å²) in [5, 5.41) is 13.8. The SMILES string of the molecule is C#CCCC1(CCC(=O)Nc2ccc3c(c2)NC(=O)CCC3)N=N1. The summed E-state index contributed by atoms with van der Waals surface area (Å²) in [7, 11) is 0. The highest BCUT2D eigenvalue weighted by Crippen LogP contribution is 2.37. The number of nitrogens with one attached hydrogen (secondary N) is 2. The molecule has 0 saturated heterocycles. The molecule has 0 spiro atoms. The van der Waals surface area contributed by atoms with Gasteiger partial charge in [-0.05, 0) is 30.5 Å². The van der Waals surface area contributed by atoms with Gasteiger partial charge in [-0.25, -0.2) is 0 Å². The third-order valence-electron chi connectivity index (χ3n) is 4.32. The number of benzene rings is 1. The lowest BCUT2D eigenvalue weighted by molar-refractivity contribution is -0.117. The Kier molecular flexibility index (Phi) is 4.61. The van der Waals surface area contributed by atoms with Crippen molar-refractivity contribution in [3.63, 3.8) is 0 Å². The van der Waals surface area contributed by atoms with Crippen LogP contribution in [0.25, 0.3) is 0 Å². The highest BCUT2D eigenvalue weighted by molar-refractivity contribution is 5.95. The van der Waals surface area contributed by atoms with Gasteiger partial charge < -0.3 is 10.6 Å². The second-order valence-electron chi connectivity index (χ2n) is 6.21. The summed E-state index contributed by atoms with van der Waals surface area (Å²) < 4.78 is 0. The summed E-state index contributed by atoms with van der Waals surface area (Å²) in [5.74, 6) is 2.50. The molecule has 2 N–H and O–H groups in total. The van der Waals surface area contributed by atoms with Crippen LogP contribution in [0.4, 0.5) is 11.4 Å². The largest absolute Gasteiger partial charge is 0.326 e. The first kappa shape index (κ1) is 16.2. The molecule has 0 bridgehead atoms. The summed E-state index contributed by atoms with van der Waals surface area (Å²) in [5.41, 5.74) is 2.13. The maximum Gasteiger partial charge on any atom is 0.224 e. The molecule has 2 amide bonds. The Hall–Kier alpha value is -2.68. The van der Waals surface area contributed by atoms with Crippen LogP contribution in [0.3, 0.4) is 0 Å². The number of carbonyl (C=O) groups is 2. The summed E-state index contributed by atoms with van der Waals surface area (Å²) in [6.07, 6.45) is 9.71. The summed E-state index contributed by atoms with van der Waals surface area (Å²) in [4.78, 5) is 23.8. The van der Waals surface area contributed by atoms with Gasteiger partial charge in [0.1, 0.15) is 0 Å². The van der Waals surface area contributed by atoms with Crippen molar-refractivity contribution in [1.82, 2.24) is 0 Å². The summed E-state index contributed by atoms with van der Waals surface area (Å²) >= 11 is 0. The molecular weight excluding hydrogens is 304 g/mol. The number of hydrogen-bond acceptors (Lipinski definition) is 4. The molecule has 124 valence electrons. The fourth-order valence-electron chi connectivity index (χ4n) is 2.85. The zero-order chi connectivity index (χ0) is 17.0. The molecule has 24 heavy (non-hydrogen) atoms. The van der Waals surface area contributed by atoms with E-state index in [1.54, 1.807) is 0 Å². The van der Waals surface area contributed by atoms with Crippen LogP contribution in [0.1, 0.15) is 44.1 Å². The highest BCUT2D eigenvalue weighted by atomic mass is 16.2. The smallest absolute Gasteiger partial charge is 0.224 e. The van der Waals surface area contributed by atoms with Crippen LogP contribution in [0, 0.1) is 12.3 Å². The van der Waals surface area contributed by atoms with Gasteiger partial charge in [-0.3, -0.25) is 9.59 Å². The van der Waals surface area contributed by atoms with Gasteiger partial charge >= 0.3 is 0 Å². The topological polar surface area (TPSA) is 82.9 Å². The highest BCUT2D eigenvalue weighted by Gasteiger charge is 2.39. The van der Waals surface area contributed by atoms with Gasteiger partial charge in [-0.2, -0.15) is 10.2 Å². The van der Waals surface area contributed by atoms with Gasteiger partial charge in [0.2, 0.25) is 11.8 Å². The van der Waals surface area contributed by atoms with Crippen molar-refractivity contribution < 1.29 is 9.59 Å². The Labute approximate surface area is 141 Å². The van der Waals surface area contributed by atoms with Crippen LogP contribution in [-0.2, 0) is 16.0 Å². The maximum absolute atomic E-state index is 12.1. The second-order valence-corrected chi connectivity index (χ2v) is 6.21. The fraction of sp³-hybridized carbons (Fsp3) is 0.444. The van der Waals surface area contributed by atoms with Gasteiger partial charge in [-0.15, -0.1) is 12.3 Å².